The van der Waals surface area contributed by atoms with Gasteiger partial charge < -0.3 is 10.4 Å². The Morgan fingerprint density at radius 1 is 1.57 bits per heavy atom. The van der Waals surface area contributed by atoms with Gasteiger partial charge in [0.15, 0.2) is 5.13 Å². The summed E-state index contributed by atoms with van der Waals surface area (Å²) in [7, 11) is 0. The molecule has 6 heteroatoms. The van der Waals surface area contributed by atoms with Crippen molar-refractivity contribution in [2.45, 2.75) is 19.4 Å². The maximum atomic E-state index is 12.3. The Morgan fingerprint density at radius 3 is 3.10 bits per heavy atom. The molecule has 112 valence electrons. The first-order valence-corrected chi connectivity index (χ1v) is 8.00. The Bertz CT molecular complexity index is 610. The molecule has 0 bridgehead atoms. The number of hydrogen-bond donors (Lipinski definition) is 2. The van der Waals surface area contributed by atoms with E-state index in [9.17, 15) is 9.90 Å². The number of likely N-dealkylation sites (tertiary alicyclic amines) is 1. The first kappa shape index (κ1) is 14.4. The maximum absolute atomic E-state index is 12.3. The summed E-state index contributed by atoms with van der Waals surface area (Å²) in [5.41, 5.74) is 0.909. The topological polar surface area (TPSA) is 65.5 Å². The molecule has 0 radical (unpaired) electrons. The Morgan fingerprint density at radius 2 is 2.38 bits per heavy atom. The van der Waals surface area contributed by atoms with E-state index in [0.717, 1.165) is 29.7 Å². The second-order valence-electron chi connectivity index (χ2n) is 5.48. The van der Waals surface area contributed by atoms with Gasteiger partial charge in [0.2, 0.25) is 5.91 Å². The van der Waals surface area contributed by atoms with E-state index in [-0.39, 0.29) is 18.6 Å². The number of aliphatic hydroxyl groups excluding tert-OH is 1. The van der Waals surface area contributed by atoms with Crippen molar-refractivity contribution >= 4 is 32.6 Å². The number of benzene rings is 1. The second-order valence-corrected chi connectivity index (χ2v) is 6.51. The molecule has 1 amide bonds. The van der Waals surface area contributed by atoms with Crippen LogP contribution in [0.25, 0.3) is 10.2 Å². The minimum absolute atomic E-state index is 0.0346. The molecule has 2 heterocycles. The number of carbonyl (C=O) groups excluding carboxylic acids is 1. The fourth-order valence-corrected chi connectivity index (χ4v) is 3.53. The van der Waals surface area contributed by atoms with Crippen LogP contribution in [0.5, 0.6) is 0 Å². The molecule has 1 aromatic carbocycles. The summed E-state index contributed by atoms with van der Waals surface area (Å²) in [6.07, 6.45) is 0.954. The molecule has 1 aliphatic rings. The van der Waals surface area contributed by atoms with Crippen LogP contribution >= 0.6 is 11.3 Å². The minimum Gasteiger partial charge on any atom is -0.396 e. The van der Waals surface area contributed by atoms with Crippen LogP contribution in [0, 0.1) is 5.92 Å². The summed E-state index contributed by atoms with van der Waals surface area (Å²) < 4.78 is 1.07. The largest absolute Gasteiger partial charge is 0.396 e. The summed E-state index contributed by atoms with van der Waals surface area (Å²) >= 11 is 1.49. The van der Waals surface area contributed by atoms with Gasteiger partial charge in [-0.1, -0.05) is 23.5 Å². The van der Waals surface area contributed by atoms with Gasteiger partial charge in [-0.25, -0.2) is 4.98 Å². The van der Waals surface area contributed by atoms with E-state index >= 15 is 0 Å². The summed E-state index contributed by atoms with van der Waals surface area (Å²) in [5.74, 6) is 0.260. The maximum Gasteiger partial charge on any atom is 0.243 e. The summed E-state index contributed by atoms with van der Waals surface area (Å²) in [5, 5.41) is 12.7. The lowest BCUT2D eigenvalue weighted by Gasteiger charge is -2.22. The molecule has 2 unspecified atom stereocenters. The first-order chi connectivity index (χ1) is 10.2. The quantitative estimate of drug-likeness (QED) is 0.906. The second kappa shape index (κ2) is 6.09. The molecule has 3 rings (SSSR count). The van der Waals surface area contributed by atoms with E-state index in [0.29, 0.717) is 11.0 Å². The van der Waals surface area contributed by atoms with Gasteiger partial charge in [0, 0.05) is 13.2 Å². The normalized spacial score (nSPS) is 20.8. The van der Waals surface area contributed by atoms with Crippen molar-refractivity contribution < 1.29 is 9.90 Å². The number of rotatable bonds is 4. The summed E-state index contributed by atoms with van der Waals surface area (Å²) in [4.78, 5) is 18.9. The molecule has 1 aliphatic heterocycles. The number of anilines is 1. The SMILES string of the molecule is CC(C(=O)Nc1nc2ccccc2s1)N1CCC(CO)C1. The van der Waals surface area contributed by atoms with Crippen molar-refractivity contribution in [2.24, 2.45) is 5.92 Å². The van der Waals surface area contributed by atoms with Gasteiger partial charge in [-0.15, -0.1) is 0 Å². The number of fused-ring (bicyclic) bond motifs is 1. The van der Waals surface area contributed by atoms with E-state index in [1.54, 1.807) is 0 Å². The predicted octanol–water partition coefficient (Wildman–Crippen LogP) is 1.94. The number of para-hydroxylation sites is 1. The molecule has 1 saturated heterocycles. The Balaban J connectivity index is 1.65. The van der Waals surface area contributed by atoms with Crippen molar-refractivity contribution in [3.8, 4) is 0 Å². The van der Waals surface area contributed by atoms with Gasteiger partial charge >= 0.3 is 0 Å². The number of amides is 1. The predicted molar refractivity (Wildman–Crippen MR) is 84.5 cm³/mol. The Kier molecular flexibility index (Phi) is 4.19. The molecule has 2 atom stereocenters. The third kappa shape index (κ3) is 3.07. The van der Waals surface area contributed by atoms with E-state index in [2.05, 4.69) is 15.2 Å². The molecule has 2 aromatic rings. The lowest BCUT2D eigenvalue weighted by atomic mass is 10.1. The van der Waals surface area contributed by atoms with Crippen molar-refractivity contribution in [3.63, 3.8) is 0 Å². The molecular weight excluding hydrogens is 286 g/mol. The number of hydrogen-bond acceptors (Lipinski definition) is 5. The lowest BCUT2D eigenvalue weighted by Crippen LogP contribution is -2.40. The van der Waals surface area contributed by atoms with Crippen LogP contribution in [0.4, 0.5) is 5.13 Å². The molecular formula is C15H19N3O2S. The lowest BCUT2D eigenvalue weighted by molar-refractivity contribution is -0.120. The number of nitrogens with zero attached hydrogens (tertiary/aromatic N) is 2. The van der Waals surface area contributed by atoms with E-state index in [1.165, 1.54) is 11.3 Å². The van der Waals surface area contributed by atoms with Gasteiger partial charge in [-0.05, 0) is 37.9 Å². The number of carbonyl (C=O) groups is 1. The minimum atomic E-state index is -0.200. The van der Waals surface area contributed by atoms with E-state index in [4.69, 9.17) is 0 Å². The number of thiazole rings is 1. The van der Waals surface area contributed by atoms with Crippen molar-refractivity contribution in [1.29, 1.82) is 0 Å². The molecule has 0 aliphatic carbocycles. The summed E-state index contributed by atoms with van der Waals surface area (Å²) in [6, 6.07) is 7.65. The van der Waals surface area contributed by atoms with Crippen LogP contribution < -0.4 is 5.32 Å². The molecule has 5 nitrogen and oxygen atoms in total. The van der Waals surface area contributed by atoms with Crippen LogP contribution in [0.2, 0.25) is 0 Å². The first-order valence-electron chi connectivity index (χ1n) is 7.18. The van der Waals surface area contributed by atoms with Crippen molar-refractivity contribution in [1.82, 2.24) is 9.88 Å². The zero-order chi connectivity index (χ0) is 14.8. The zero-order valence-electron chi connectivity index (χ0n) is 12.0. The standard InChI is InChI=1S/C15H19N3O2S/c1-10(18-7-6-11(8-18)9-19)14(20)17-15-16-12-4-2-3-5-13(12)21-15/h2-5,10-11,19H,6-9H2,1H3,(H,16,17,20). The number of aromatic nitrogens is 1. The molecule has 21 heavy (non-hydrogen) atoms. The van der Waals surface area contributed by atoms with Crippen LogP contribution in [0.3, 0.4) is 0 Å². The summed E-state index contributed by atoms with van der Waals surface area (Å²) in [6.45, 7) is 3.75. The third-order valence-corrected chi connectivity index (χ3v) is 4.98. The Labute approximate surface area is 127 Å². The zero-order valence-corrected chi connectivity index (χ0v) is 12.8. The van der Waals surface area contributed by atoms with Gasteiger partial charge in [-0.3, -0.25) is 9.69 Å². The number of aliphatic hydroxyl groups is 1. The highest BCUT2D eigenvalue weighted by molar-refractivity contribution is 7.22. The Hall–Kier alpha value is -1.50. The smallest absolute Gasteiger partial charge is 0.243 e. The molecule has 1 fully saturated rings. The van der Waals surface area contributed by atoms with E-state index in [1.807, 2.05) is 31.2 Å². The molecule has 1 aromatic heterocycles. The van der Waals surface area contributed by atoms with Crippen LogP contribution in [0.15, 0.2) is 24.3 Å². The van der Waals surface area contributed by atoms with Gasteiger partial charge in [0.1, 0.15) is 0 Å². The molecule has 0 spiro atoms. The van der Waals surface area contributed by atoms with Crippen LogP contribution in [-0.4, -0.2) is 46.6 Å². The monoisotopic (exact) mass is 305 g/mol. The van der Waals surface area contributed by atoms with Crippen molar-refractivity contribution in [3.05, 3.63) is 24.3 Å². The van der Waals surface area contributed by atoms with Crippen LogP contribution in [0.1, 0.15) is 13.3 Å². The van der Waals surface area contributed by atoms with E-state index < -0.39 is 0 Å². The van der Waals surface area contributed by atoms with Crippen LogP contribution in [-0.2, 0) is 4.79 Å². The highest BCUT2D eigenvalue weighted by Crippen LogP contribution is 2.26. The fourth-order valence-electron chi connectivity index (χ4n) is 2.66. The average molecular weight is 305 g/mol. The number of nitrogens with one attached hydrogen (secondary N) is 1. The van der Waals surface area contributed by atoms with Gasteiger partial charge in [-0.2, -0.15) is 0 Å². The highest BCUT2D eigenvalue weighted by Gasteiger charge is 2.29. The fraction of sp³-hybridized carbons (Fsp3) is 0.467. The highest BCUT2D eigenvalue weighted by atomic mass is 32.1. The average Bonchev–Trinajstić information content (AvgIpc) is 3.12. The van der Waals surface area contributed by atoms with Crippen molar-refractivity contribution in [2.75, 3.05) is 25.0 Å². The van der Waals surface area contributed by atoms with Gasteiger partial charge in [0.05, 0.1) is 16.3 Å². The van der Waals surface area contributed by atoms with Gasteiger partial charge in [0.25, 0.3) is 0 Å². The third-order valence-electron chi connectivity index (χ3n) is 4.03. The molecule has 2 N–H and O–H groups in total. The molecule has 0 saturated carbocycles.